The lowest BCUT2D eigenvalue weighted by atomic mass is 9.96. The van der Waals surface area contributed by atoms with Crippen LogP contribution in [0.15, 0.2) is 12.4 Å². The molecule has 5 heteroatoms. The Morgan fingerprint density at radius 1 is 1.43 bits per heavy atom. The minimum atomic E-state index is -0.0762. The summed E-state index contributed by atoms with van der Waals surface area (Å²) in [5.74, 6) is 0.437. The summed E-state index contributed by atoms with van der Waals surface area (Å²) in [5, 5.41) is 7.13. The third-order valence-electron chi connectivity index (χ3n) is 2.24. The number of amidine groups is 1. The number of nitrogens with two attached hydrogens (primary N) is 1. The second kappa shape index (κ2) is 3.61. The predicted octanol–water partition coefficient (Wildman–Crippen LogP) is 0.692. The molecule has 1 fully saturated rings. The summed E-state index contributed by atoms with van der Waals surface area (Å²) in [6.45, 7) is 0. The molecule has 1 aliphatic carbocycles. The van der Waals surface area contributed by atoms with Gasteiger partial charge in [0.05, 0.1) is 12.4 Å². The van der Waals surface area contributed by atoms with Gasteiger partial charge in [0.2, 0.25) is 5.88 Å². The predicted molar refractivity (Wildman–Crippen MR) is 51.3 cm³/mol. The van der Waals surface area contributed by atoms with Crippen molar-refractivity contribution in [3.63, 3.8) is 0 Å². The molecule has 14 heavy (non-hydrogen) atoms. The Hall–Kier alpha value is -1.65. The maximum absolute atomic E-state index is 7.13. The fraction of sp³-hybridized carbons (Fsp3) is 0.444. The highest BCUT2D eigenvalue weighted by Gasteiger charge is 2.19. The van der Waals surface area contributed by atoms with Gasteiger partial charge >= 0.3 is 0 Å². The van der Waals surface area contributed by atoms with Crippen molar-refractivity contribution in [3.05, 3.63) is 18.1 Å². The molecule has 1 aliphatic rings. The summed E-state index contributed by atoms with van der Waals surface area (Å²) in [5.41, 5.74) is 5.62. The van der Waals surface area contributed by atoms with Crippen LogP contribution in [0.25, 0.3) is 0 Å². The van der Waals surface area contributed by atoms with E-state index >= 15 is 0 Å². The lowest BCUT2D eigenvalue weighted by molar-refractivity contribution is 0.114. The van der Waals surface area contributed by atoms with Crippen LogP contribution in [0.4, 0.5) is 0 Å². The summed E-state index contributed by atoms with van der Waals surface area (Å²) in [4.78, 5) is 7.97. The summed E-state index contributed by atoms with van der Waals surface area (Å²) in [7, 11) is 0. The van der Waals surface area contributed by atoms with E-state index in [9.17, 15) is 0 Å². The number of nitrogen functional groups attached to an aromatic ring is 1. The molecular weight excluding hydrogens is 180 g/mol. The van der Waals surface area contributed by atoms with E-state index < -0.39 is 0 Å². The van der Waals surface area contributed by atoms with Crippen LogP contribution < -0.4 is 10.5 Å². The number of rotatable bonds is 3. The summed E-state index contributed by atoms with van der Waals surface area (Å²) >= 11 is 0. The molecule has 1 aromatic heterocycles. The summed E-state index contributed by atoms with van der Waals surface area (Å²) in [6.07, 6.45) is 6.67. The highest BCUT2D eigenvalue weighted by atomic mass is 16.5. The average Bonchev–Trinajstić information content (AvgIpc) is 2.12. The maximum atomic E-state index is 7.13. The second-order valence-electron chi connectivity index (χ2n) is 3.32. The molecule has 3 N–H and O–H groups in total. The minimum absolute atomic E-state index is 0.0762. The molecule has 0 saturated heterocycles. The lowest BCUT2D eigenvalue weighted by Gasteiger charge is -2.25. The molecule has 0 atom stereocenters. The van der Waals surface area contributed by atoms with Gasteiger partial charge in [-0.3, -0.25) is 5.41 Å². The Kier molecular flexibility index (Phi) is 2.30. The van der Waals surface area contributed by atoms with E-state index in [-0.39, 0.29) is 5.84 Å². The van der Waals surface area contributed by atoms with Crippen LogP contribution >= 0.6 is 0 Å². The third kappa shape index (κ3) is 1.81. The Balaban J connectivity index is 2.01. The van der Waals surface area contributed by atoms with E-state index in [1.165, 1.54) is 18.8 Å². The average molecular weight is 192 g/mol. The number of nitrogens with one attached hydrogen (secondary N) is 1. The molecular formula is C9H12N4O. The van der Waals surface area contributed by atoms with E-state index in [0.29, 0.717) is 17.7 Å². The van der Waals surface area contributed by atoms with Gasteiger partial charge in [-0.15, -0.1) is 0 Å². The lowest BCUT2D eigenvalue weighted by Crippen LogP contribution is -2.25. The van der Waals surface area contributed by atoms with Gasteiger partial charge in [0.1, 0.15) is 17.6 Å². The van der Waals surface area contributed by atoms with Crippen molar-refractivity contribution in [1.29, 1.82) is 5.41 Å². The Morgan fingerprint density at radius 2 is 2.21 bits per heavy atom. The molecule has 0 bridgehead atoms. The number of aromatic nitrogens is 2. The highest BCUT2D eigenvalue weighted by Crippen LogP contribution is 2.23. The zero-order chi connectivity index (χ0) is 9.97. The molecule has 0 aliphatic heterocycles. The largest absolute Gasteiger partial charge is 0.473 e. The molecule has 2 rings (SSSR count). The smallest absolute Gasteiger partial charge is 0.232 e. The number of ether oxygens (including phenoxy) is 1. The van der Waals surface area contributed by atoms with Crippen molar-refractivity contribution in [2.45, 2.75) is 25.4 Å². The Morgan fingerprint density at radius 3 is 2.64 bits per heavy atom. The molecule has 1 saturated carbocycles. The monoisotopic (exact) mass is 192 g/mol. The highest BCUT2D eigenvalue weighted by molar-refractivity contribution is 5.92. The van der Waals surface area contributed by atoms with Gasteiger partial charge in [-0.1, -0.05) is 0 Å². The van der Waals surface area contributed by atoms with Gasteiger partial charge in [-0.2, -0.15) is 0 Å². The number of hydrogen-bond donors (Lipinski definition) is 2. The van der Waals surface area contributed by atoms with Crippen molar-refractivity contribution < 1.29 is 4.74 Å². The van der Waals surface area contributed by atoms with Gasteiger partial charge in [-0.25, -0.2) is 9.97 Å². The van der Waals surface area contributed by atoms with Crippen LogP contribution in [-0.4, -0.2) is 21.9 Å². The van der Waals surface area contributed by atoms with Crippen LogP contribution in [-0.2, 0) is 0 Å². The summed E-state index contributed by atoms with van der Waals surface area (Å²) < 4.78 is 5.50. The van der Waals surface area contributed by atoms with Crippen molar-refractivity contribution in [2.24, 2.45) is 5.73 Å². The number of nitrogens with zero attached hydrogens (tertiary/aromatic N) is 2. The van der Waals surface area contributed by atoms with Crippen LogP contribution in [0.5, 0.6) is 5.88 Å². The molecule has 74 valence electrons. The van der Waals surface area contributed by atoms with E-state index in [4.69, 9.17) is 15.9 Å². The maximum Gasteiger partial charge on any atom is 0.232 e. The molecule has 5 nitrogen and oxygen atoms in total. The quantitative estimate of drug-likeness (QED) is 0.545. The molecule has 0 aromatic carbocycles. The van der Waals surface area contributed by atoms with Crippen LogP contribution in [0, 0.1) is 5.41 Å². The van der Waals surface area contributed by atoms with Crippen molar-refractivity contribution in [1.82, 2.24) is 9.97 Å². The summed E-state index contributed by atoms with van der Waals surface area (Å²) in [6, 6.07) is 0. The van der Waals surface area contributed by atoms with Crippen molar-refractivity contribution in [3.8, 4) is 5.88 Å². The zero-order valence-corrected chi connectivity index (χ0v) is 7.73. The van der Waals surface area contributed by atoms with Crippen LogP contribution in [0.1, 0.15) is 25.0 Å². The molecule has 1 heterocycles. The molecule has 0 radical (unpaired) electrons. The van der Waals surface area contributed by atoms with Gasteiger partial charge in [-0.05, 0) is 19.3 Å². The molecule has 0 unspecified atom stereocenters. The Labute approximate surface area is 81.8 Å². The first-order valence-electron chi connectivity index (χ1n) is 4.59. The minimum Gasteiger partial charge on any atom is -0.473 e. The second-order valence-corrected chi connectivity index (χ2v) is 3.32. The zero-order valence-electron chi connectivity index (χ0n) is 7.73. The van der Waals surface area contributed by atoms with E-state index in [2.05, 4.69) is 9.97 Å². The van der Waals surface area contributed by atoms with E-state index in [1.54, 1.807) is 0 Å². The standard InChI is InChI=1S/C9H12N4O/c10-9(11)7-4-13-8(5-12-7)14-6-2-1-3-6/h4-6H,1-3H2,(H3,10,11). The van der Waals surface area contributed by atoms with Gasteiger partial charge in [0, 0.05) is 0 Å². The van der Waals surface area contributed by atoms with Crippen molar-refractivity contribution >= 4 is 5.84 Å². The molecule has 1 aromatic rings. The van der Waals surface area contributed by atoms with Crippen LogP contribution in [0.3, 0.4) is 0 Å². The SMILES string of the molecule is N=C(N)c1cnc(OC2CCC2)cn1. The van der Waals surface area contributed by atoms with E-state index in [1.807, 2.05) is 0 Å². The van der Waals surface area contributed by atoms with Crippen molar-refractivity contribution in [2.75, 3.05) is 0 Å². The van der Waals surface area contributed by atoms with Gasteiger partial charge in [0.15, 0.2) is 0 Å². The third-order valence-corrected chi connectivity index (χ3v) is 2.24. The molecule has 0 spiro atoms. The fourth-order valence-corrected chi connectivity index (χ4v) is 1.18. The first-order valence-corrected chi connectivity index (χ1v) is 4.59. The topological polar surface area (TPSA) is 84.9 Å². The Bertz CT molecular complexity index is 331. The van der Waals surface area contributed by atoms with Crippen LogP contribution in [0.2, 0.25) is 0 Å². The normalized spacial score (nSPS) is 16.0. The van der Waals surface area contributed by atoms with E-state index in [0.717, 1.165) is 12.8 Å². The number of hydrogen-bond acceptors (Lipinski definition) is 4. The van der Waals surface area contributed by atoms with Gasteiger partial charge in [0.25, 0.3) is 0 Å². The first-order chi connectivity index (χ1) is 6.75. The fourth-order valence-electron chi connectivity index (χ4n) is 1.18. The molecule has 0 amide bonds. The van der Waals surface area contributed by atoms with Gasteiger partial charge < -0.3 is 10.5 Å². The first kappa shape index (κ1) is 8.93.